The lowest BCUT2D eigenvalue weighted by molar-refractivity contribution is -0.139. The number of sulfonamides is 1. The predicted octanol–water partition coefficient (Wildman–Crippen LogP) is 0.856. The number of halogens is 1. The van der Waals surface area contributed by atoms with E-state index in [0.717, 1.165) is 18.4 Å². The molecule has 7 nitrogen and oxygen atoms in total. The van der Waals surface area contributed by atoms with Gasteiger partial charge in [0.2, 0.25) is 15.9 Å². The van der Waals surface area contributed by atoms with Gasteiger partial charge in [-0.15, -0.1) is 0 Å². The van der Waals surface area contributed by atoms with Gasteiger partial charge < -0.3 is 10.4 Å². The Balaban J connectivity index is 2.09. The first kappa shape index (κ1) is 15.2. The largest absolute Gasteiger partial charge is 0.481 e. The average Bonchev–Trinajstić information content (AvgIpc) is 3.11. The molecule has 0 heterocycles. The van der Waals surface area contributed by atoms with E-state index >= 15 is 0 Å². The van der Waals surface area contributed by atoms with E-state index < -0.39 is 39.6 Å². The van der Waals surface area contributed by atoms with Gasteiger partial charge in [-0.1, -0.05) is 0 Å². The third-order valence-electron chi connectivity index (χ3n) is 2.97. The molecule has 0 aromatic heterocycles. The molecule has 1 aromatic rings. The van der Waals surface area contributed by atoms with Gasteiger partial charge in [0.25, 0.3) is 0 Å². The van der Waals surface area contributed by atoms with Crippen molar-refractivity contribution in [3.8, 4) is 0 Å². The lowest BCUT2D eigenvalue weighted by atomic mass is 10.2. The number of carbonyl (C=O) groups excluding carboxylic acids is 1. The van der Waals surface area contributed by atoms with Gasteiger partial charge in [0.15, 0.2) is 0 Å². The standard InChI is InChI=1S/C12H13FN2O5S/c1-21(19,20)15-10-4-6(2-3-9(10)13)14-11(16)7-5-8(7)12(17)18/h2-4,7-8,15H,5H2,1H3,(H,14,16)(H,17,18)/t7-,8+/m1/s1. The van der Waals surface area contributed by atoms with Gasteiger partial charge in [-0.05, 0) is 24.6 Å². The molecular formula is C12H13FN2O5S. The zero-order chi connectivity index (χ0) is 15.8. The van der Waals surface area contributed by atoms with Crippen LogP contribution in [0.2, 0.25) is 0 Å². The number of carbonyl (C=O) groups is 2. The zero-order valence-electron chi connectivity index (χ0n) is 11.0. The molecule has 1 fully saturated rings. The maximum absolute atomic E-state index is 13.5. The van der Waals surface area contributed by atoms with Crippen LogP contribution in [0.1, 0.15) is 6.42 Å². The first-order chi connectivity index (χ1) is 9.67. The molecule has 0 spiro atoms. The lowest BCUT2D eigenvalue weighted by Gasteiger charge is -2.09. The highest BCUT2D eigenvalue weighted by Gasteiger charge is 2.48. The van der Waals surface area contributed by atoms with Crippen LogP contribution in [-0.4, -0.2) is 31.7 Å². The van der Waals surface area contributed by atoms with Gasteiger partial charge >= 0.3 is 5.97 Å². The van der Waals surface area contributed by atoms with Crippen molar-refractivity contribution in [2.24, 2.45) is 11.8 Å². The van der Waals surface area contributed by atoms with E-state index in [1.807, 2.05) is 4.72 Å². The van der Waals surface area contributed by atoms with Crippen LogP contribution < -0.4 is 10.0 Å². The van der Waals surface area contributed by atoms with Gasteiger partial charge in [0, 0.05) is 5.69 Å². The van der Waals surface area contributed by atoms with Crippen molar-refractivity contribution >= 4 is 33.3 Å². The van der Waals surface area contributed by atoms with Crippen molar-refractivity contribution < 1.29 is 27.5 Å². The fourth-order valence-corrected chi connectivity index (χ4v) is 2.43. The molecule has 0 saturated heterocycles. The maximum atomic E-state index is 13.5. The molecule has 3 N–H and O–H groups in total. The van der Waals surface area contributed by atoms with Crippen LogP contribution in [0, 0.1) is 17.7 Å². The smallest absolute Gasteiger partial charge is 0.307 e. The average molecular weight is 316 g/mol. The van der Waals surface area contributed by atoms with E-state index in [-0.39, 0.29) is 17.8 Å². The number of rotatable bonds is 5. The molecule has 2 rings (SSSR count). The minimum atomic E-state index is -3.65. The van der Waals surface area contributed by atoms with Crippen molar-refractivity contribution in [2.75, 3.05) is 16.3 Å². The third kappa shape index (κ3) is 3.91. The van der Waals surface area contributed by atoms with Crippen LogP contribution in [0.3, 0.4) is 0 Å². The van der Waals surface area contributed by atoms with Gasteiger partial charge in [-0.3, -0.25) is 14.3 Å². The fourth-order valence-electron chi connectivity index (χ4n) is 1.87. The Bertz CT molecular complexity index is 704. The minimum absolute atomic E-state index is 0.184. The summed E-state index contributed by atoms with van der Waals surface area (Å²) in [6.07, 6.45) is 1.14. The third-order valence-corrected chi connectivity index (χ3v) is 3.56. The summed E-state index contributed by atoms with van der Waals surface area (Å²) in [5, 5.41) is 11.2. The summed E-state index contributed by atoms with van der Waals surface area (Å²) in [4.78, 5) is 22.4. The first-order valence-corrected chi connectivity index (χ1v) is 7.87. The van der Waals surface area contributed by atoms with Crippen molar-refractivity contribution in [3.05, 3.63) is 24.0 Å². The van der Waals surface area contributed by atoms with Crippen LogP contribution in [0.4, 0.5) is 15.8 Å². The summed E-state index contributed by atoms with van der Waals surface area (Å²) >= 11 is 0. The Morgan fingerprint density at radius 1 is 1.33 bits per heavy atom. The van der Waals surface area contributed by atoms with E-state index in [4.69, 9.17) is 5.11 Å². The topological polar surface area (TPSA) is 113 Å². The molecule has 0 unspecified atom stereocenters. The number of amides is 1. The van der Waals surface area contributed by atoms with Crippen LogP contribution >= 0.6 is 0 Å². The molecule has 1 aromatic carbocycles. The number of benzene rings is 1. The van der Waals surface area contributed by atoms with E-state index in [9.17, 15) is 22.4 Å². The highest BCUT2D eigenvalue weighted by atomic mass is 32.2. The number of hydrogen-bond acceptors (Lipinski definition) is 4. The number of carboxylic acids is 1. The number of carboxylic acid groups (broad SMARTS) is 1. The highest BCUT2D eigenvalue weighted by molar-refractivity contribution is 7.92. The highest BCUT2D eigenvalue weighted by Crippen LogP contribution is 2.39. The van der Waals surface area contributed by atoms with E-state index in [1.54, 1.807) is 0 Å². The Morgan fingerprint density at radius 2 is 2.00 bits per heavy atom. The van der Waals surface area contributed by atoms with Crippen LogP contribution in [-0.2, 0) is 19.6 Å². The SMILES string of the molecule is CS(=O)(=O)Nc1cc(NC(=O)[C@@H]2C[C@@H]2C(=O)O)ccc1F. The molecule has 2 atom stereocenters. The molecule has 0 bridgehead atoms. The molecule has 0 aliphatic heterocycles. The second-order valence-corrected chi connectivity index (χ2v) is 6.59. The first-order valence-electron chi connectivity index (χ1n) is 5.98. The second-order valence-electron chi connectivity index (χ2n) is 4.85. The predicted molar refractivity (Wildman–Crippen MR) is 72.7 cm³/mol. The van der Waals surface area contributed by atoms with E-state index in [0.29, 0.717) is 0 Å². The van der Waals surface area contributed by atoms with Crippen LogP contribution in [0.25, 0.3) is 0 Å². The Hall–Kier alpha value is -2.16. The van der Waals surface area contributed by atoms with Crippen LogP contribution in [0.15, 0.2) is 18.2 Å². The molecule has 21 heavy (non-hydrogen) atoms. The normalized spacial score (nSPS) is 20.7. The minimum Gasteiger partial charge on any atom is -0.481 e. The van der Waals surface area contributed by atoms with Gasteiger partial charge in [-0.2, -0.15) is 0 Å². The van der Waals surface area contributed by atoms with Crippen LogP contribution in [0.5, 0.6) is 0 Å². The number of anilines is 2. The van der Waals surface area contributed by atoms with Gasteiger partial charge in [0.05, 0.1) is 23.8 Å². The quantitative estimate of drug-likeness (QED) is 0.745. The van der Waals surface area contributed by atoms with E-state index in [2.05, 4.69) is 5.32 Å². The maximum Gasteiger partial charge on any atom is 0.307 e. The Labute approximate surface area is 120 Å². The molecule has 0 radical (unpaired) electrons. The summed E-state index contributed by atoms with van der Waals surface area (Å²) in [5.41, 5.74) is -0.107. The lowest BCUT2D eigenvalue weighted by Crippen LogP contribution is -2.17. The van der Waals surface area contributed by atoms with Crippen molar-refractivity contribution in [1.29, 1.82) is 0 Å². The number of aliphatic carboxylic acids is 1. The summed E-state index contributed by atoms with van der Waals surface area (Å²) in [6.45, 7) is 0. The molecule has 9 heteroatoms. The summed E-state index contributed by atoms with van der Waals surface area (Å²) in [6, 6.07) is 3.40. The zero-order valence-corrected chi connectivity index (χ0v) is 11.8. The summed E-state index contributed by atoms with van der Waals surface area (Å²) in [5.74, 6) is -3.61. The number of nitrogens with one attached hydrogen (secondary N) is 2. The fraction of sp³-hybridized carbons (Fsp3) is 0.333. The second kappa shape index (κ2) is 5.32. The van der Waals surface area contributed by atoms with Gasteiger partial charge in [0.1, 0.15) is 5.82 Å². The Morgan fingerprint density at radius 3 is 2.52 bits per heavy atom. The Kier molecular flexibility index (Phi) is 3.86. The van der Waals surface area contributed by atoms with Gasteiger partial charge in [-0.25, -0.2) is 12.8 Å². The molecule has 1 amide bonds. The summed E-state index contributed by atoms with van der Waals surface area (Å²) < 4.78 is 37.6. The summed E-state index contributed by atoms with van der Waals surface area (Å²) in [7, 11) is -3.65. The van der Waals surface area contributed by atoms with Crippen molar-refractivity contribution in [1.82, 2.24) is 0 Å². The van der Waals surface area contributed by atoms with Crippen molar-refractivity contribution in [2.45, 2.75) is 6.42 Å². The molecule has 1 aliphatic carbocycles. The van der Waals surface area contributed by atoms with E-state index in [1.165, 1.54) is 6.07 Å². The molecule has 114 valence electrons. The molecule has 1 aliphatic rings. The number of hydrogen-bond donors (Lipinski definition) is 3. The molecular weight excluding hydrogens is 303 g/mol. The van der Waals surface area contributed by atoms with Crippen molar-refractivity contribution in [3.63, 3.8) is 0 Å². The monoisotopic (exact) mass is 316 g/mol. The molecule has 1 saturated carbocycles.